The van der Waals surface area contributed by atoms with Gasteiger partial charge in [-0.1, -0.05) is 0 Å². The molecule has 0 atom stereocenters. The van der Waals surface area contributed by atoms with Crippen molar-refractivity contribution in [2.75, 3.05) is 37.8 Å². The Morgan fingerprint density at radius 2 is 1.94 bits per heavy atom. The number of hydrogen-bond acceptors (Lipinski definition) is 5. The van der Waals surface area contributed by atoms with Crippen molar-refractivity contribution in [2.45, 2.75) is 25.7 Å². The SMILES string of the molecule is CCS(=O)(=O)N1CCC(c2c[nH]c3c(C(N)=O)cc(-c4ccnc(N(C)C)c4)cc23)CC1. The molecule has 0 saturated carbocycles. The second-order valence-corrected chi connectivity index (χ2v) is 10.7. The number of anilines is 1. The van der Waals surface area contributed by atoms with Crippen molar-refractivity contribution in [1.82, 2.24) is 14.3 Å². The molecule has 2 aromatic heterocycles. The molecule has 1 aromatic carbocycles. The summed E-state index contributed by atoms with van der Waals surface area (Å²) in [5, 5.41) is 0.955. The summed E-state index contributed by atoms with van der Waals surface area (Å²) in [7, 11) is 0.687. The van der Waals surface area contributed by atoms with Crippen LogP contribution in [0.25, 0.3) is 22.0 Å². The van der Waals surface area contributed by atoms with E-state index in [-0.39, 0.29) is 11.7 Å². The van der Waals surface area contributed by atoms with Crippen molar-refractivity contribution < 1.29 is 13.2 Å². The third-order valence-electron chi connectivity index (χ3n) is 6.28. The van der Waals surface area contributed by atoms with Crippen molar-refractivity contribution in [1.29, 1.82) is 0 Å². The Kier molecular flexibility index (Phi) is 5.96. The maximum absolute atomic E-state index is 12.3. The molecule has 3 aromatic rings. The molecule has 0 spiro atoms. The number of rotatable bonds is 6. The smallest absolute Gasteiger partial charge is 0.250 e. The number of aromatic amines is 1. The van der Waals surface area contributed by atoms with Crippen molar-refractivity contribution in [2.24, 2.45) is 5.73 Å². The molecule has 1 aliphatic heterocycles. The van der Waals surface area contributed by atoms with Gasteiger partial charge in [0.25, 0.3) is 5.91 Å². The number of piperidine rings is 1. The number of sulfonamides is 1. The van der Waals surface area contributed by atoms with Crippen LogP contribution in [-0.2, 0) is 10.0 Å². The van der Waals surface area contributed by atoms with Gasteiger partial charge in [-0.3, -0.25) is 4.79 Å². The van der Waals surface area contributed by atoms with Crippen LogP contribution in [0.15, 0.2) is 36.7 Å². The van der Waals surface area contributed by atoms with Gasteiger partial charge in [0.1, 0.15) is 5.82 Å². The van der Waals surface area contributed by atoms with Crippen LogP contribution in [0.4, 0.5) is 5.82 Å². The quantitative estimate of drug-likeness (QED) is 0.593. The van der Waals surface area contributed by atoms with E-state index < -0.39 is 15.9 Å². The second-order valence-electron chi connectivity index (χ2n) is 8.43. The summed E-state index contributed by atoms with van der Waals surface area (Å²) in [6.45, 7) is 2.69. The lowest BCUT2D eigenvalue weighted by Crippen LogP contribution is -2.38. The number of carbonyl (C=O) groups excluding carboxylic acids is 1. The molecule has 32 heavy (non-hydrogen) atoms. The lowest BCUT2D eigenvalue weighted by atomic mass is 9.88. The summed E-state index contributed by atoms with van der Waals surface area (Å²) in [4.78, 5) is 21.8. The summed E-state index contributed by atoms with van der Waals surface area (Å²) >= 11 is 0. The number of benzene rings is 1. The fourth-order valence-electron chi connectivity index (χ4n) is 4.42. The van der Waals surface area contributed by atoms with Crippen LogP contribution >= 0.6 is 0 Å². The maximum Gasteiger partial charge on any atom is 0.250 e. The van der Waals surface area contributed by atoms with Crippen molar-refractivity contribution in [3.8, 4) is 11.1 Å². The van der Waals surface area contributed by atoms with Crippen LogP contribution in [0.2, 0.25) is 0 Å². The first-order valence-corrected chi connectivity index (χ1v) is 12.4. The fraction of sp³-hybridized carbons (Fsp3) is 0.391. The monoisotopic (exact) mass is 455 g/mol. The molecule has 1 amide bonds. The Morgan fingerprint density at radius 3 is 2.56 bits per heavy atom. The molecule has 3 N–H and O–H groups in total. The molecule has 170 valence electrons. The fourth-order valence-corrected chi connectivity index (χ4v) is 5.55. The van der Waals surface area contributed by atoms with E-state index in [1.54, 1.807) is 17.4 Å². The minimum absolute atomic E-state index is 0.122. The van der Waals surface area contributed by atoms with E-state index >= 15 is 0 Å². The number of amides is 1. The van der Waals surface area contributed by atoms with E-state index in [0.29, 0.717) is 18.7 Å². The highest BCUT2D eigenvalue weighted by Gasteiger charge is 2.29. The van der Waals surface area contributed by atoms with Crippen LogP contribution in [0, 0.1) is 0 Å². The minimum atomic E-state index is -3.17. The summed E-state index contributed by atoms with van der Waals surface area (Å²) in [6, 6.07) is 7.79. The van der Waals surface area contributed by atoms with Gasteiger partial charge in [0.15, 0.2) is 0 Å². The number of nitrogens with one attached hydrogen (secondary N) is 1. The number of carbonyl (C=O) groups is 1. The summed E-state index contributed by atoms with van der Waals surface area (Å²) in [5.41, 5.74) is 9.83. The second kappa shape index (κ2) is 8.55. The van der Waals surface area contributed by atoms with Crippen LogP contribution in [-0.4, -0.2) is 61.5 Å². The molecular formula is C23H29N5O3S. The Labute approximate surface area is 188 Å². The molecule has 0 unspecified atom stereocenters. The van der Waals surface area contributed by atoms with Gasteiger partial charge in [-0.05, 0) is 66.6 Å². The lowest BCUT2D eigenvalue weighted by molar-refractivity contribution is 0.100. The highest BCUT2D eigenvalue weighted by atomic mass is 32.2. The molecule has 0 aliphatic carbocycles. The Morgan fingerprint density at radius 1 is 1.22 bits per heavy atom. The maximum atomic E-state index is 12.3. The van der Waals surface area contributed by atoms with E-state index in [9.17, 15) is 13.2 Å². The van der Waals surface area contributed by atoms with Gasteiger partial charge in [0, 0.05) is 45.0 Å². The Balaban J connectivity index is 1.75. The zero-order valence-corrected chi connectivity index (χ0v) is 19.4. The molecular weight excluding hydrogens is 426 g/mol. The largest absolute Gasteiger partial charge is 0.366 e. The molecule has 9 heteroatoms. The number of H-pyrrole nitrogens is 1. The normalized spacial score (nSPS) is 15.8. The third kappa shape index (κ3) is 4.10. The van der Waals surface area contributed by atoms with Gasteiger partial charge in [-0.15, -0.1) is 0 Å². The minimum Gasteiger partial charge on any atom is -0.366 e. The van der Waals surface area contributed by atoms with E-state index in [4.69, 9.17) is 5.73 Å². The van der Waals surface area contributed by atoms with Crippen molar-refractivity contribution in [3.63, 3.8) is 0 Å². The van der Waals surface area contributed by atoms with Gasteiger partial charge >= 0.3 is 0 Å². The number of pyridine rings is 1. The average Bonchev–Trinajstić information content (AvgIpc) is 3.22. The van der Waals surface area contributed by atoms with Gasteiger partial charge in [0.2, 0.25) is 10.0 Å². The first-order valence-electron chi connectivity index (χ1n) is 10.8. The number of aromatic nitrogens is 2. The molecule has 0 bridgehead atoms. The molecule has 4 rings (SSSR count). The topological polar surface area (TPSA) is 112 Å². The number of nitrogens with two attached hydrogens (primary N) is 1. The average molecular weight is 456 g/mol. The number of primary amides is 1. The molecule has 1 saturated heterocycles. The van der Waals surface area contributed by atoms with E-state index in [1.165, 1.54) is 0 Å². The highest BCUT2D eigenvalue weighted by molar-refractivity contribution is 7.89. The molecule has 8 nitrogen and oxygen atoms in total. The van der Waals surface area contributed by atoms with Crippen LogP contribution in [0.3, 0.4) is 0 Å². The number of hydrogen-bond donors (Lipinski definition) is 2. The number of fused-ring (bicyclic) bond motifs is 1. The summed E-state index contributed by atoms with van der Waals surface area (Å²) < 4.78 is 26.0. The van der Waals surface area contributed by atoms with Gasteiger partial charge in [-0.25, -0.2) is 17.7 Å². The zero-order valence-electron chi connectivity index (χ0n) is 18.6. The zero-order chi connectivity index (χ0) is 23.0. The summed E-state index contributed by atoms with van der Waals surface area (Å²) in [5.74, 6) is 0.660. The van der Waals surface area contributed by atoms with Gasteiger partial charge in [0.05, 0.1) is 16.8 Å². The van der Waals surface area contributed by atoms with Gasteiger partial charge in [-0.2, -0.15) is 0 Å². The standard InChI is InChI=1S/C23H29N5O3S/c1-4-32(30,31)28-9-6-15(7-10-28)20-14-26-22-18(20)11-17(12-19(22)23(24)29)16-5-8-25-21(13-16)27(2)3/h5,8,11-15,26H,4,6-7,9-10H2,1-3H3,(H2,24,29). The summed E-state index contributed by atoms with van der Waals surface area (Å²) in [6.07, 6.45) is 5.17. The molecule has 1 fully saturated rings. The Hall–Kier alpha value is -2.91. The van der Waals surface area contributed by atoms with Crippen LogP contribution in [0.5, 0.6) is 0 Å². The molecule has 0 radical (unpaired) electrons. The number of nitrogens with zero attached hydrogens (tertiary/aromatic N) is 3. The lowest BCUT2D eigenvalue weighted by Gasteiger charge is -2.31. The van der Waals surface area contributed by atoms with E-state index in [1.807, 2.05) is 43.4 Å². The highest BCUT2D eigenvalue weighted by Crippen LogP contribution is 2.37. The van der Waals surface area contributed by atoms with E-state index in [0.717, 1.165) is 46.3 Å². The van der Waals surface area contributed by atoms with Crippen molar-refractivity contribution >= 4 is 32.7 Å². The van der Waals surface area contributed by atoms with E-state index in [2.05, 4.69) is 16.0 Å². The molecule has 1 aliphatic rings. The first kappa shape index (κ1) is 22.3. The van der Waals surface area contributed by atoms with Crippen LogP contribution < -0.4 is 10.6 Å². The molecule has 3 heterocycles. The van der Waals surface area contributed by atoms with Crippen LogP contribution in [0.1, 0.15) is 41.6 Å². The van der Waals surface area contributed by atoms with Gasteiger partial charge < -0.3 is 15.6 Å². The van der Waals surface area contributed by atoms with Crippen molar-refractivity contribution in [3.05, 3.63) is 47.8 Å². The third-order valence-corrected chi connectivity index (χ3v) is 8.16. The first-order chi connectivity index (χ1) is 15.2. The predicted molar refractivity (Wildman–Crippen MR) is 127 cm³/mol. The Bertz CT molecular complexity index is 1260. The predicted octanol–water partition coefficient (Wildman–Crippen LogP) is 2.92.